The van der Waals surface area contributed by atoms with E-state index in [0.717, 1.165) is 5.56 Å². The molecule has 7 nitrogen and oxygen atoms in total. The van der Waals surface area contributed by atoms with Crippen LogP contribution in [0.25, 0.3) is 6.08 Å². The van der Waals surface area contributed by atoms with Crippen LogP contribution in [0.15, 0.2) is 47.6 Å². The number of carbonyl (C=O) groups excluding carboxylic acids is 2. The number of hydrogen-bond donors (Lipinski definition) is 1. The molecular formula is C20H19N3O4S2. The largest absolute Gasteiger partial charge is 0.493 e. The molecule has 0 spiro atoms. The Labute approximate surface area is 178 Å². The Morgan fingerprint density at radius 1 is 1.28 bits per heavy atom. The van der Waals surface area contributed by atoms with Gasteiger partial charge in [-0.05, 0) is 35.9 Å². The first-order chi connectivity index (χ1) is 14.0. The second-order valence-corrected chi connectivity index (χ2v) is 7.66. The van der Waals surface area contributed by atoms with E-state index >= 15 is 0 Å². The minimum absolute atomic E-state index is 0.130. The van der Waals surface area contributed by atoms with Crippen LogP contribution in [0.3, 0.4) is 0 Å². The number of rotatable bonds is 7. The topological polar surface area (TPSA) is 80.8 Å². The van der Waals surface area contributed by atoms with Gasteiger partial charge >= 0.3 is 0 Å². The minimum atomic E-state index is -0.219. The Morgan fingerprint density at radius 2 is 2.07 bits per heavy atom. The zero-order chi connectivity index (χ0) is 20.8. The van der Waals surface area contributed by atoms with Crippen molar-refractivity contribution < 1.29 is 19.1 Å². The van der Waals surface area contributed by atoms with Crippen molar-refractivity contribution in [3.63, 3.8) is 0 Å². The minimum Gasteiger partial charge on any atom is -0.493 e. The van der Waals surface area contributed by atoms with E-state index in [1.54, 1.807) is 57.0 Å². The molecule has 0 aliphatic carbocycles. The third-order valence-electron chi connectivity index (χ3n) is 4.09. The summed E-state index contributed by atoms with van der Waals surface area (Å²) in [6.45, 7) is 0.208. The van der Waals surface area contributed by atoms with E-state index in [0.29, 0.717) is 26.4 Å². The molecular weight excluding hydrogens is 410 g/mol. The van der Waals surface area contributed by atoms with Gasteiger partial charge in [0, 0.05) is 19.2 Å². The fourth-order valence-electron chi connectivity index (χ4n) is 2.66. The second-order valence-electron chi connectivity index (χ2n) is 5.99. The van der Waals surface area contributed by atoms with Crippen LogP contribution < -0.4 is 14.8 Å². The Hall–Kier alpha value is -2.91. The number of nitrogens with one attached hydrogen (secondary N) is 1. The first-order valence-electron chi connectivity index (χ1n) is 8.69. The number of thioether (sulfide) groups is 1. The summed E-state index contributed by atoms with van der Waals surface area (Å²) in [5.74, 6) is 0.750. The number of nitrogens with zero attached hydrogens (tertiary/aromatic N) is 2. The quantitative estimate of drug-likeness (QED) is 0.534. The number of methoxy groups -OCH3 is 2. The molecule has 1 aromatic carbocycles. The number of pyridine rings is 1. The van der Waals surface area contributed by atoms with E-state index in [1.165, 1.54) is 16.7 Å². The van der Waals surface area contributed by atoms with Gasteiger partial charge in [0.2, 0.25) is 5.91 Å². The average molecular weight is 430 g/mol. The number of benzene rings is 1. The maximum Gasteiger partial charge on any atom is 0.266 e. The van der Waals surface area contributed by atoms with Crippen LogP contribution in [-0.2, 0) is 9.59 Å². The van der Waals surface area contributed by atoms with Crippen molar-refractivity contribution in [3.8, 4) is 11.5 Å². The lowest BCUT2D eigenvalue weighted by Gasteiger charge is -2.14. The van der Waals surface area contributed by atoms with Crippen molar-refractivity contribution in [1.29, 1.82) is 0 Å². The molecule has 1 N–H and O–H groups in total. The van der Waals surface area contributed by atoms with Crippen LogP contribution in [0.2, 0.25) is 0 Å². The van der Waals surface area contributed by atoms with Gasteiger partial charge in [-0.25, -0.2) is 0 Å². The molecule has 0 radical (unpaired) electrons. The molecule has 1 aliphatic rings. The van der Waals surface area contributed by atoms with Gasteiger partial charge in [0.05, 0.1) is 31.0 Å². The molecule has 0 unspecified atom stereocenters. The van der Waals surface area contributed by atoms with E-state index in [-0.39, 0.29) is 24.8 Å². The summed E-state index contributed by atoms with van der Waals surface area (Å²) >= 11 is 6.53. The van der Waals surface area contributed by atoms with E-state index in [4.69, 9.17) is 21.7 Å². The van der Waals surface area contributed by atoms with Gasteiger partial charge in [-0.1, -0.05) is 30.0 Å². The molecule has 1 aliphatic heterocycles. The monoisotopic (exact) mass is 429 g/mol. The number of aromatic nitrogens is 1. The Bertz CT molecular complexity index is 963. The first-order valence-corrected chi connectivity index (χ1v) is 9.91. The molecule has 0 bridgehead atoms. The van der Waals surface area contributed by atoms with Crippen molar-refractivity contribution in [2.24, 2.45) is 0 Å². The van der Waals surface area contributed by atoms with Crippen molar-refractivity contribution in [2.45, 2.75) is 6.42 Å². The zero-order valence-corrected chi connectivity index (χ0v) is 17.5. The first kappa shape index (κ1) is 20.8. The Balaban J connectivity index is 1.65. The molecule has 2 amide bonds. The summed E-state index contributed by atoms with van der Waals surface area (Å²) in [5, 5.41) is 2.74. The summed E-state index contributed by atoms with van der Waals surface area (Å²) in [6, 6.07) is 8.86. The van der Waals surface area contributed by atoms with E-state index < -0.39 is 0 Å². The number of amides is 2. The van der Waals surface area contributed by atoms with Crippen LogP contribution in [0.5, 0.6) is 11.5 Å². The summed E-state index contributed by atoms with van der Waals surface area (Å²) < 4.78 is 10.9. The maximum atomic E-state index is 12.7. The number of ether oxygens (including phenoxy) is 2. The summed E-state index contributed by atoms with van der Waals surface area (Å²) in [5.41, 5.74) is 1.40. The lowest BCUT2D eigenvalue weighted by Crippen LogP contribution is -2.31. The molecule has 29 heavy (non-hydrogen) atoms. The highest BCUT2D eigenvalue weighted by Gasteiger charge is 2.32. The van der Waals surface area contributed by atoms with Crippen LogP contribution in [-0.4, -0.2) is 46.8 Å². The fraction of sp³-hybridized carbons (Fsp3) is 0.200. The van der Waals surface area contributed by atoms with Gasteiger partial charge in [0.1, 0.15) is 4.32 Å². The third-order valence-corrected chi connectivity index (χ3v) is 5.46. The molecule has 0 atom stereocenters. The number of hydrogen-bond acceptors (Lipinski definition) is 7. The van der Waals surface area contributed by atoms with E-state index in [2.05, 4.69) is 10.3 Å². The Kier molecular flexibility index (Phi) is 6.84. The van der Waals surface area contributed by atoms with Gasteiger partial charge in [-0.15, -0.1) is 0 Å². The smallest absolute Gasteiger partial charge is 0.266 e. The predicted octanol–water partition coefficient (Wildman–Crippen LogP) is 3.33. The van der Waals surface area contributed by atoms with Crippen molar-refractivity contribution in [3.05, 3.63) is 53.2 Å². The Morgan fingerprint density at radius 3 is 2.76 bits per heavy atom. The molecule has 0 saturated carbocycles. The van der Waals surface area contributed by atoms with Crippen LogP contribution in [0.1, 0.15) is 12.0 Å². The lowest BCUT2D eigenvalue weighted by molar-refractivity contribution is -0.122. The SMILES string of the molecule is COc1ccc(/C=C2\SC(=S)N(CCC(=O)Nc3cccnc3)C2=O)cc1OC. The molecule has 150 valence electrons. The van der Waals surface area contributed by atoms with Gasteiger partial charge < -0.3 is 14.8 Å². The molecule has 3 rings (SSSR count). The van der Waals surface area contributed by atoms with Crippen molar-refractivity contribution >= 4 is 51.9 Å². The lowest BCUT2D eigenvalue weighted by atomic mass is 10.2. The maximum absolute atomic E-state index is 12.7. The van der Waals surface area contributed by atoms with E-state index in [1.807, 2.05) is 6.07 Å². The standard InChI is InChI=1S/C20H19N3O4S2/c1-26-15-6-5-13(10-16(15)27-2)11-17-19(25)23(20(28)29-17)9-7-18(24)22-14-4-3-8-21-12-14/h3-6,8,10-12H,7,9H2,1-2H3,(H,22,24)/b17-11-. The molecule has 1 aromatic heterocycles. The highest BCUT2D eigenvalue weighted by atomic mass is 32.2. The summed E-state index contributed by atoms with van der Waals surface area (Å²) in [4.78, 5) is 30.7. The number of anilines is 1. The van der Waals surface area contributed by atoms with Gasteiger partial charge in [0.25, 0.3) is 5.91 Å². The van der Waals surface area contributed by atoms with E-state index in [9.17, 15) is 9.59 Å². The zero-order valence-electron chi connectivity index (χ0n) is 15.9. The third kappa shape index (κ3) is 5.12. The number of thiocarbonyl (C=S) groups is 1. The van der Waals surface area contributed by atoms with Gasteiger partial charge in [-0.3, -0.25) is 19.5 Å². The summed E-state index contributed by atoms with van der Waals surface area (Å²) in [6.07, 6.45) is 5.06. The van der Waals surface area contributed by atoms with Gasteiger partial charge in [0.15, 0.2) is 11.5 Å². The van der Waals surface area contributed by atoms with Gasteiger partial charge in [-0.2, -0.15) is 0 Å². The molecule has 1 saturated heterocycles. The van der Waals surface area contributed by atoms with Crippen LogP contribution >= 0.6 is 24.0 Å². The van der Waals surface area contributed by atoms with Crippen LogP contribution in [0, 0.1) is 0 Å². The summed E-state index contributed by atoms with van der Waals surface area (Å²) in [7, 11) is 3.12. The van der Waals surface area contributed by atoms with Crippen LogP contribution in [0.4, 0.5) is 5.69 Å². The molecule has 9 heteroatoms. The predicted molar refractivity (Wildman–Crippen MR) is 117 cm³/mol. The number of carbonyl (C=O) groups is 2. The normalized spacial score (nSPS) is 15.0. The molecule has 2 aromatic rings. The molecule has 2 heterocycles. The second kappa shape index (κ2) is 9.53. The average Bonchev–Trinajstić information content (AvgIpc) is 2.99. The highest BCUT2D eigenvalue weighted by molar-refractivity contribution is 8.26. The highest BCUT2D eigenvalue weighted by Crippen LogP contribution is 2.34. The van der Waals surface area contributed by atoms with Crippen molar-refractivity contribution in [1.82, 2.24) is 9.88 Å². The fourth-order valence-corrected chi connectivity index (χ4v) is 3.97. The van der Waals surface area contributed by atoms with Crippen molar-refractivity contribution in [2.75, 3.05) is 26.1 Å². The molecule has 1 fully saturated rings.